The van der Waals surface area contributed by atoms with E-state index in [-0.39, 0.29) is 5.70 Å². The van der Waals surface area contributed by atoms with Crippen molar-refractivity contribution in [3.63, 3.8) is 0 Å². The van der Waals surface area contributed by atoms with Crippen molar-refractivity contribution in [2.24, 2.45) is 5.73 Å². The van der Waals surface area contributed by atoms with Gasteiger partial charge in [0, 0.05) is 6.20 Å². The van der Waals surface area contributed by atoms with Crippen LogP contribution < -0.4 is 5.73 Å². The molecule has 0 saturated heterocycles. The predicted octanol–water partition coefficient (Wildman–Crippen LogP) is 0.466. The Balaban J connectivity index is 2.89. The zero-order valence-electron chi connectivity index (χ0n) is 6.27. The fourth-order valence-corrected chi connectivity index (χ4v) is 0.682. The molecule has 1 aromatic rings. The molecule has 0 unspecified atom stereocenters. The van der Waals surface area contributed by atoms with E-state index in [9.17, 15) is 4.79 Å². The van der Waals surface area contributed by atoms with Crippen LogP contribution in [-0.4, -0.2) is 16.1 Å². The highest BCUT2D eigenvalue weighted by atomic mass is 16.4. The van der Waals surface area contributed by atoms with Crippen molar-refractivity contribution in [1.82, 2.24) is 4.98 Å². The van der Waals surface area contributed by atoms with Gasteiger partial charge in [-0.15, -0.1) is 0 Å². The molecule has 0 aliphatic heterocycles. The molecule has 0 aliphatic carbocycles. The number of aromatic nitrogens is 1. The molecule has 3 N–H and O–H groups in total. The second-order valence-corrected chi connectivity index (χ2v) is 2.16. The predicted molar refractivity (Wildman–Crippen MR) is 44.0 cm³/mol. The number of nitrogens with zero attached hydrogens (tertiary/aromatic N) is 1. The Morgan fingerprint density at radius 2 is 2.33 bits per heavy atom. The molecular weight excluding hydrogens is 156 g/mol. The molecule has 0 atom stereocenters. The number of carbonyl (C=O) groups is 1. The van der Waals surface area contributed by atoms with Crippen LogP contribution in [0.1, 0.15) is 5.69 Å². The van der Waals surface area contributed by atoms with Gasteiger partial charge in [-0.3, -0.25) is 4.98 Å². The zero-order chi connectivity index (χ0) is 8.97. The van der Waals surface area contributed by atoms with Crippen LogP contribution in [0.2, 0.25) is 0 Å². The van der Waals surface area contributed by atoms with Gasteiger partial charge in [0.2, 0.25) is 0 Å². The van der Waals surface area contributed by atoms with Gasteiger partial charge in [-0.05, 0) is 18.2 Å². The molecule has 0 aromatic carbocycles. The number of aliphatic carboxylic acids is 1. The number of carboxylic acids is 1. The van der Waals surface area contributed by atoms with Crippen LogP contribution >= 0.6 is 0 Å². The van der Waals surface area contributed by atoms with Gasteiger partial charge in [-0.2, -0.15) is 0 Å². The lowest BCUT2D eigenvalue weighted by molar-refractivity contribution is -0.132. The Bertz CT molecular complexity index is 306. The molecule has 0 spiro atoms. The van der Waals surface area contributed by atoms with Gasteiger partial charge in [0.1, 0.15) is 5.70 Å². The quantitative estimate of drug-likeness (QED) is 0.623. The van der Waals surface area contributed by atoms with Gasteiger partial charge in [-0.1, -0.05) is 6.07 Å². The number of hydrogen-bond acceptors (Lipinski definition) is 3. The van der Waals surface area contributed by atoms with Crippen LogP contribution in [0.3, 0.4) is 0 Å². The minimum atomic E-state index is -1.14. The Morgan fingerprint density at radius 3 is 2.83 bits per heavy atom. The number of nitrogens with two attached hydrogens (primary N) is 1. The highest BCUT2D eigenvalue weighted by Crippen LogP contribution is 1.98. The van der Waals surface area contributed by atoms with E-state index in [0.29, 0.717) is 5.69 Å². The summed E-state index contributed by atoms with van der Waals surface area (Å²) >= 11 is 0. The SMILES string of the molecule is N/C(=C\c1ccccn1)C(=O)O. The van der Waals surface area contributed by atoms with Gasteiger partial charge in [0.15, 0.2) is 0 Å². The van der Waals surface area contributed by atoms with Crippen molar-refractivity contribution >= 4 is 12.0 Å². The highest BCUT2D eigenvalue weighted by Gasteiger charge is 1.99. The summed E-state index contributed by atoms with van der Waals surface area (Å²) in [6.07, 6.45) is 2.88. The van der Waals surface area contributed by atoms with Gasteiger partial charge in [0.05, 0.1) is 5.69 Å². The Labute approximate surface area is 69.4 Å². The van der Waals surface area contributed by atoms with E-state index in [1.54, 1.807) is 24.4 Å². The van der Waals surface area contributed by atoms with E-state index in [4.69, 9.17) is 10.8 Å². The minimum Gasteiger partial charge on any atom is -0.477 e. The standard InChI is InChI=1S/C8H8N2O2/c9-7(8(11)12)5-6-3-1-2-4-10-6/h1-5H,9H2,(H,11,12)/b7-5-. The smallest absolute Gasteiger partial charge is 0.351 e. The molecule has 0 fully saturated rings. The number of pyridine rings is 1. The van der Waals surface area contributed by atoms with Crippen LogP contribution in [0.4, 0.5) is 0 Å². The maximum atomic E-state index is 10.3. The molecule has 0 radical (unpaired) electrons. The molecule has 0 bridgehead atoms. The van der Waals surface area contributed by atoms with E-state index >= 15 is 0 Å². The van der Waals surface area contributed by atoms with E-state index in [0.717, 1.165) is 0 Å². The molecule has 4 nitrogen and oxygen atoms in total. The second-order valence-electron chi connectivity index (χ2n) is 2.16. The van der Waals surface area contributed by atoms with Gasteiger partial charge < -0.3 is 10.8 Å². The summed E-state index contributed by atoms with van der Waals surface area (Å²) in [6, 6.07) is 5.18. The largest absolute Gasteiger partial charge is 0.477 e. The summed E-state index contributed by atoms with van der Waals surface area (Å²) in [5, 5.41) is 8.42. The van der Waals surface area contributed by atoms with Gasteiger partial charge in [0.25, 0.3) is 0 Å². The fraction of sp³-hybridized carbons (Fsp3) is 0. The van der Waals surface area contributed by atoms with Crippen molar-refractivity contribution < 1.29 is 9.90 Å². The third-order valence-electron chi connectivity index (χ3n) is 1.24. The first-order valence-electron chi connectivity index (χ1n) is 3.31. The zero-order valence-corrected chi connectivity index (χ0v) is 6.27. The average Bonchev–Trinajstić information content (AvgIpc) is 2.06. The van der Waals surface area contributed by atoms with E-state index in [1.807, 2.05) is 0 Å². The summed E-state index contributed by atoms with van der Waals surface area (Å²) < 4.78 is 0. The van der Waals surface area contributed by atoms with Gasteiger partial charge in [-0.25, -0.2) is 4.79 Å². The molecule has 0 aliphatic rings. The Hall–Kier alpha value is -1.84. The van der Waals surface area contributed by atoms with Crippen LogP contribution in [0.15, 0.2) is 30.1 Å². The maximum absolute atomic E-state index is 10.3. The summed E-state index contributed by atoms with van der Waals surface area (Å²) in [6.45, 7) is 0. The third-order valence-corrected chi connectivity index (χ3v) is 1.24. The number of rotatable bonds is 2. The average molecular weight is 164 g/mol. The second kappa shape index (κ2) is 3.52. The van der Waals surface area contributed by atoms with Crippen LogP contribution in [0.25, 0.3) is 6.08 Å². The first-order valence-corrected chi connectivity index (χ1v) is 3.31. The fourth-order valence-electron chi connectivity index (χ4n) is 0.682. The third kappa shape index (κ3) is 2.09. The molecule has 0 amide bonds. The van der Waals surface area contributed by atoms with Crippen molar-refractivity contribution in [1.29, 1.82) is 0 Å². The molecular formula is C8H8N2O2. The highest BCUT2D eigenvalue weighted by molar-refractivity contribution is 5.90. The Kier molecular flexibility index (Phi) is 2.42. The molecule has 62 valence electrons. The van der Waals surface area contributed by atoms with Crippen molar-refractivity contribution in [2.45, 2.75) is 0 Å². The summed E-state index contributed by atoms with van der Waals surface area (Å²) in [7, 11) is 0. The lowest BCUT2D eigenvalue weighted by Crippen LogP contribution is -2.09. The molecule has 4 heteroatoms. The topological polar surface area (TPSA) is 76.2 Å². The number of carboxylic acid groups (broad SMARTS) is 1. The lowest BCUT2D eigenvalue weighted by Gasteiger charge is -1.93. The molecule has 1 heterocycles. The van der Waals surface area contributed by atoms with Crippen molar-refractivity contribution in [2.75, 3.05) is 0 Å². The minimum absolute atomic E-state index is 0.214. The normalized spacial score (nSPS) is 11.2. The summed E-state index contributed by atoms with van der Waals surface area (Å²) in [4.78, 5) is 14.2. The Morgan fingerprint density at radius 1 is 1.58 bits per heavy atom. The lowest BCUT2D eigenvalue weighted by atomic mass is 10.3. The number of hydrogen-bond donors (Lipinski definition) is 2. The van der Waals surface area contributed by atoms with Crippen molar-refractivity contribution in [3.8, 4) is 0 Å². The van der Waals surface area contributed by atoms with E-state index < -0.39 is 5.97 Å². The van der Waals surface area contributed by atoms with Crippen LogP contribution in [0.5, 0.6) is 0 Å². The summed E-state index contributed by atoms with van der Waals surface area (Å²) in [5.41, 5.74) is 5.50. The first kappa shape index (κ1) is 8.26. The first-order chi connectivity index (χ1) is 5.70. The van der Waals surface area contributed by atoms with Crippen molar-refractivity contribution in [3.05, 3.63) is 35.8 Å². The monoisotopic (exact) mass is 164 g/mol. The molecule has 0 saturated carbocycles. The van der Waals surface area contributed by atoms with E-state index in [1.165, 1.54) is 6.08 Å². The maximum Gasteiger partial charge on any atom is 0.351 e. The molecule has 12 heavy (non-hydrogen) atoms. The van der Waals surface area contributed by atoms with Crippen LogP contribution in [0, 0.1) is 0 Å². The summed E-state index contributed by atoms with van der Waals surface area (Å²) in [5.74, 6) is -1.14. The van der Waals surface area contributed by atoms with E-state index in [2.05, 4.69) is 4.98 Å². The van der Waals surface area contributed by atoms with Crippen LogP contribution in [-0.2, 0) is 4.79 Å². The van der Waals surface area contributed by atoms with Gasteiger partial charge >= 0.3 is 5.97 Å². The molecule has 1 aromatic heterocycles. The molecule has 1 rings (SSSR count).